The molecule has 0 spiro atoms. The van der Waals surface area contributed by atoms with E-state index in [9.17, 15) is 14.7 Å². The minimum atomic E-state index is -0.707. The normalized spacial score (nSPS) is 16.4. The highest BCUT2D eigenvalue weighted by Gasteiger charge is 2.33. The second kappa shape index (κ2) is 7.79. The van der Waals surface area contributed by atoms with E-state index in [1.54, 1.807) is 38.1 Å². The third kappa shape index (κ3) is 3.50. The SMILES string of the molecule is CCOC(=O)C1=C(C)N=c2s/c(=C/c3ccc(C)o3)c(=O)n2[C@H]1c1ccc(O)cc1. The minimum Gasteiger partial charge on any atom is -0.508 e. The maximum absolute atomic E-state index is 13.3. The summed E-state index contributed by atoms with van der Waals surface area (Å²) < 4.78 is 12.8. The summed E-state index contributed by atoms with van der Waals surface area (Å²) in [6, 6.07) is 9.33. The van der Waals surface area contributed by atoms with Crippen LogP contribution in [0.3, 0.4) is 0 Å². The van der Waals surface area contributed by atoms with Gasteiger partial charge in [0.05, 0.1) is 28.5 Å². The van der Waals surface area contributed by atoms with Crippen LogP contribution < -0.4 is 14.9 Å². The number of rotatable bonds is 4. The van der Waals surface area contributed by atoms with Crippen LogP contribution in [0.2, 0.25) is 0 Å². The second-order valence-electron chi connectivity index (χ2n) is 6.84. The van der Waals surface area contributed by atoms with Gasteiger partial charge in [-0.05, 0) is 50.6 Å². The fourth-order valence-corrected chi connectivity index (χ4v) is 4.45. The number of aromatic nitrogens is 1. The lowest BCUT2D eigenvalue weighted by Crippen LogP contribution is -2.39. The summed E-state index contributed by atoms with van der Waals surface area (Å²) in [5, 5.41) is 9.68. The topological polar surface area (TPSA) is 94.0 Å². The van der Waals surface area contributed by atoms with E-state index in [4.69, 9.17) is 9.15 Å². The zero-order valence-corrected chi connectivity index (χ0v) is 17.5. The third-order valence-corrected chi connectivity index (χ3v) is 5.74. The molecule has 8 heteroatoms. The number of carbonyl (C=O) groups is 1. The van der Waals surface area contributed by atoms with E-state index in [-0.39, 0.29) is 17.9 Å². The third-order valence-electron chi connectivity index (χ3n) is 4.76. The zero-order valence-electron chi connectivity index (χ0n) is 16.7. The fraction of sp³-hybridized carbons (Fsp3) is 0.227. The molecule has 7 nitrogen and oxygen atoms in total. The number of hydrogen-bond acceptors (Lipinski definition) is 7. The van der Waals surface area contributed by atoms with Crippen LogP contribution in [0.4, 0.5) is 0 Å². The Morgan fingerprint density at radius 2 is 2.00 bits per heavy atom. The highest BCUT2D eigenvalue weighted by Crippen LogP contribution is 2.31. The Hall–Kier alpha value is -3.39. The van der Waals surface area contributed by atoms with Crippen LogP contribution >= 0.6 is 11.3 Å². The van der Waals surface area contributed by atoms with E-state index in [1.165, 1.54) is 28.0 Å². The van der Waals surface area contributed by atoms with Crippen molar-refractivity contribution >= 4 is 23.4 Å². The predicted molar refractivity (Wildman–Crippen MR) is 112 cm³/mol. The highest BCUT2D eigenvalue weighted by atomic mass is 32.1. The number of ether oxygens (including phenoxy) is 1. The molecular formula is C22H20N2O5S. The van der Waals surface area contributed by atoms with Gasteiger partial charge >= 0.3 is 5.97 Å². The number of furan rings is 1. The van der Waals surface area contributed by atoms with Crippen LogP contribution in [0.1, 0.15) is 37.0 Å². The molecule has 0 radical (unpaired) electrons. The van der Waals surface area contributed by atoms with Crippen molar-refractivity contribution in [1.82, 2.24) is 4.57 Å². The van der Waals surface area contributed by atoms with Crippen molar-refractivity contribution in [2.75, 3.05) is 6.61 Å². The van der Waals surface area contributed by atoms with Gasteiger partial charge in [0.15, 0.2) is 4.80 Å². The van der Waals surface area contributed by atoms with Crippen LogP contribution in [0, 0.1) is 6.92 Å². The smallest absolute Gasteiger partial charge is 0.338 e. The molecular weight excluding hydrogens is 404 g/mol. The molecule has 0 saturated carbocycles. The standard InChI is InChI=1S/C22H20N2O5S/c1-4-28-21(27)18-13(3)23-22-24(19(18)14-6-8-15(25)9-7-14)20(26)17(30-22)11-16-10-5-12(2)29-16/h5-11,19,25H,4H2,1-3H3/b17-11+/t19-/m0/s1. The van der Waals surface area contributed by atoms with Crippen LogP contribution in [0.15, 0.2) is 61.9 Å². The Morgan fingerprint density at radius 3 is 2.63 bits per heavy atom. The van der Waals surface area contributed by atoms with E-state index in [2.05, 4.69) is 4.99 Å². The van der Waals surface area contributed by atoms with Crippen LogP contribution in [-0.4, -0.2) is 22.2 Å². The summed E-state index contributed by atoms with van der Waals surface area (Å²) in [5.74, 6) is 0.891. The first-order valence-corrected chi connectivity index (χ1v) is 10.3. The number of phenols is 1. The van der Waals surface area contributed by atoms with Crippen molar-refractivity contribution in [2.24, 2.45) is 4.99 Å². The number of esters is 1. The number of benzene rings is 1. The molecule has 1 aliphatic heterocycles. The van der Waals surface area contributed by atoms with Gasteiger partial charge in [0.25, 0.3) is 5.56 Å². The molecule has 3 aromatic rings. The van der Waals surface area contributed by atoms with Crippen molar-refractivity contribution in [3.63, 3.8) is 0 Å². The molecule has 0 aliphatic carbocycles. The lowest BCUT2D eigenvalue weighted by atomic mass is 9.96. The first kappa shape index (κ1) is 19.9. The van der Waals surface area contributed by atoms with Gasteiger partial charge in [-0.25, -0.2) is 9.79 Å². The van der Waals surface area contributed by atoms with Crippen molar-refractivity contribution in [3.8, 4) is 5.75 Å². The van der Waals surface area contributed by atoms with Gasteiger partial charge in [0, 0.05) is 6.08 Å². The predicted octanol–water partition coefficient (Wildman–Crippen LogP) is 2.41. The molecule has 0 unspecified atom stereocenters. The average molecular weight is 424 g/mol. The van der Waals surface area contributed by atoms with Crippen LogP contribution in [-0.2, 0) is 9.53 Å². The van der Waals surface area contributed by atoms with Gasteiger partial charge in [-0.3, -0.25) is 9.36 Å². The van der Waals surface area contributed by atoms with E-state index >= 15 is 0 Å². The summed E-state index contributed by atoms with van der Waals surface area (Å²) >= 11 is 1.23. The van der Waals surface area contributed by atoms with Gasteiger partial charge in [-0.1, -0.05) is 23.5 Å². The summed E-state index contributed by atoms with van der Waals surface area (Å²) in [6.45, 7) is 5.50. The molecule has 30 heavy (non-hydrogen) atoms. The first-order valence-electron chi connectivity index (χ1n) is 9.44. The number of fused-ring (bicyclic) bond motifs is 1. The summed E-state index contributed by atoms with van der Waals surface area (Å²) in [6.07, 6.45) is 1.67. The Balaban J connectivity index is 1.96. The number of phenolic OH excluding ortho intramolecular Hbond substituents is 1. The van der Waals surface area contributed by atoms with Crippen molar-refractivity contribution in [1.29, 1.82) is 0 Å². The van der Waals surface area contributed by atoms with Gasteiger partial charge in [0.1, 0.15) is 17.3 Å². The Labute approximate surface area is 175 Å². The molecule has 1 N–H and O–H groups in total. The lowest BCUT2D eigenvalue weighted by Gasteiger charge is -2.24. The van der Waals surface area contributed by atoms with E-state index in [0.717, 1.165) is 5.76 Å². The average Bonchev–Trinajstić information content (AvgIpc) is 3.24. The minimum absolute atomic E-state index is 0.0951. The van der Waals surface area contributed by atoms with Gasteiger partial charge in [-0.2, -0.15) is 0 Å². The number of carbonyl (C=O) groups excluding carboxylic acids is 1. The van der Waals surface area contributed by atoms with Crippen molar-refractivity contribution < 1.29 is 19.1 Å². The van der Waals surface area contributed by atoms with Gasteiger partial charge < -0.3 is 14.3 Å². The number of thiazole rings is 1. The van der Waals surface area contributed by atoms with Crippen molar-refractivity contribution in [3.05, 3.63) is 84.4 Å². The van der Waals surface area contributed by atoms with E-state index < -0.39 is 12.0 Å². The quantitative estimate of drug-likeness (QED) is 0.649. The second-order valence-corrected chi connectivity index (χ2v) is 7.85. The van der Waals surface area contributed by atoms with Crippen LogP contribution in [0.5, 0.6) is 5.75 Å². The first-order chi connectivity index (χ1) is 14.4. The van der Waals surface area contributed by atoms with Gasteiger partial charge in [0.2, 0.25) is 0 Å². The van der Waals surface area contributed by atoms with Gasteiger partial charge in [-0.15, -0.1) is 0 Å². The molecule has 0 amide bonds. The Bertz CT molecular complexity index is 1330. The van der Waals surface area contributed by atoms with Crippen LogP contribution in [0.25, 0.3) is 6.08 Å². The van der Waals surface area contributed by atoms with Crippen molar-refractivity contribution in [2.45, 2.75) is 26.8 Å². The number of allylic oxidation sites excluding steroid dienone is 1. The molecule has 0 saturated heterocycles. The fourth-order valence-electron chi connectivity index (χ4n) is 3.42. The monoisotopic (exact) mass is 424 g/mol. The summed E-state index contributed by atoms with van der Waals surface area (Å²) in [5.41, 5.74) is 1.19. The molecule has 0 bridgehead atoms. The zero-order chi connectivity index (χ0) is 21.4. The maximum atomic E-state index is 13.3. The number of aromatic hydroxyl groups is 1. The molecule has 154 valence electrons. The maximum Gasteiger partial charge on any atom is 0.338 e. The largest absolute Gasteiger partial charge is 0.508 e. The van der Waals surface area contributed by atoms with E-state index in [0.29, 0.717) is 31.9 Å². The number of nitrogens with zero attached hydrogens (tertiary/aromatic N) is 2. The molecule has 3 heterocycles. The molecule has 2 aromatic heterocycles. The summed E-state index contributed by atoms with van der Waals surface area (Å²) in [7, 11) is 0. The molecule has 0 fully saturated rings. The lowest BCUT2D eigenvalue weighted by molar-refractivity contribution is -0.139. The number of hydrogen-bond donors (Lipinski definition) is 1. The molecule has 4 rings (SSSR count). The van der Waals surface area contributed by atoms with E-state index in [1.807, 2.05) is 13.0 Å². The molecule has 1 aliphatic rings. The Kier molecular flexibility index (Phi) is 5.17. The molecule has 1 atom stereocenters. The highest BCUT2D eigenvalue weighted by molar-refractivity contribution is 7.07. The Morgan fingerprint density at radius 1 is 1.27 bits per heavy atom. The summed E-state index contributed by atoms with van der Waals surface area (Å²) in [4.78, 5) is 31.1. The molecule has 1 aromatic carbocycles. The number of aryl methyl sites for hydroxylation is 1.